The van der Waals surface area contributed by atoms with Gasteiger partial charge in [0, 0.05) is 15.7 Å². The number of methoxy groups -OCH3 is 1. The highest BCUT2D eigenvalue weighted by Gasteiger charge is 2.17. The number of thioether (sulfide) groups is 1. The van der Waals surface area contributed by atoms with Gasteiger partial charge in [-0.15, -0.1) is 11.8 Å². The van der Waals surface area contributed by atoms with E-state index in [9.17, 15) is 4.79 Å². The highest BCUT2D eigenvalue weighted by atomic mass is 35.5. The van der Waals surface area contributed by atoms with Gasteiger partial charge in [-0.1, -0.05) is 24.6 Å². The lowest BCUT2D eigenvalue weighted by atomic mass is 10.3. The summed E-state index contributed by atoms with van der Waals surface area (Å²) in [5.41, 5.74) is 0. The third kappa shape index (κ3) is 4.98. The maximum absolute atomic E-state index is 11.5. The Morgan fingerprint density at radius 1 is 1.59 bits per heavy atom. The molecular formula is C12H16ClNO2S. The number of hydrogen-bond donors (Lipinski definition) is 1. The van der Waals surface area contributed by atoms with Crippen LogP contribution in [0.5, 0.6) is 0 Å². The number of rotatable bonds is 6. The molecule has 0 radical (unpaired) electrons. The van der Waals surface area contributed by atoms with Crippen LogP contribution in [-0.4, -0.2) is 31.4 Å². The zero-order valence-electron chi connectivity index (χ0n) is 9.90. The van der Waals surface area contributed by atoms with Crippen LogP contribution < -0.4 is 5.32 Å². The largest absolute Gasteiger partial charge is 0.468 e. The Morgan fingerprint density at radius 3 is 2.94 bits per heavy atom. The highest BCUT2D eigenvalue weighted by Crippen LogP contribution is 2.22. The fourth-order valence-electron chi connectivity index (χ4n) is 1.34. The lowest BCUT2D eigenvalue weighted by Gasteiger charge is -2.14. The Hall–Kier alpha value is -0.710. The van der Waals surface area contributed by atoms with Crippen molar-refractivity contribution >= 4 is 29.3 Å². The van der Waals surface area contributed by atoms with Gasteiger partial charge in [0.1, 0.15) is 6.04 Å². The molecule has 1 rings (SSSR count). The van der Waals surface area contributed by atoms with E-state index in [1.54, 1.807) is 11.8 Å². The first-order chi connectivity index (χ1) is 8.17. The van der Waals surface area contributed by atoms with Crippen molar-refractivity contribution in [3.63, 3.8) is 0 Å². The molecule has 17 heavy (non-hydrogen) atoms. The summed E-state index contributed by atoms with van der Waals surface area (Å²) in [5.74, 6) is 0.391. The van der Waals surface area contributed by atoms with Gasteiger partial charge in [-0.3, -0.25) is 4.79 Å². The summed E-state index contributed by atoms with van der Waals surface area (Å²) >= 11 is 7.47. The van der Waals surface area contributed by atoms with Gasteiger partial charge in [0.15, 0.2) is 0 Å². The average Bonchev–Trinajstić information content (AvgIpc) is 2.33. The number of ether oxygens (including phenoxy) is 1. The number of halogens is 1. The van der Waals surface area contributed by atoms with Crippen molar-refractivity contribution in [2.75, 3.05) is 19.4 Å². The van der Waals surface area contributed by atoms with Crippen molar-refractivity contribution in [2.45, 2.75) is 17.9 Å². The molecule has 0 heterocycles. The second kappa shape index (κ2) is 7.58. The number of hydrogen-bond acceptors (Lipinski definition) is 4. The lowest BCUT2D eigenvalue weighted by Crippen LogP contribution is -2.39. The lowest BCUT2D eigenvalue weighted by molar-refractivity contribution is -0.142. The van der Waals surface area contributed by atoms with Crippen LogP contribution in [0.25, 0.3) is 0 Å². The predicted molar refractivity (Wildman–Crippen MR) is 71.7 cm³/mol. The maximum Gasteiger partial charge on any atom is 0.323 e. The minimum atomic E-state index is -0.283. The van der Waals surface area contributed by atoms with Crippen molar-refractivity contribution in [1.82, 2.24) is 5.32 Å². The van der Waals surface area contributed by atoms with Crippen LogP contribution in [0.15, 0.2) is 29.2 Å². The molecule has 1 atom stereocenters. The second-order valence-corrected chi connectivity index (χ2v) is 4.93. The van der Waals surface area contributed by atoms with Gasteiger partial charge in [-0.05, 0) is 24.7 Å². The molecule has 0 saturated carbocycles. The zero-order valence-corrected chi connectivity index (χ0v) is 11.5. The summed E-state index contributed by atoms with van der Waals surface area (Å²) in [6.07, 6.45) is 0. The van der Waals surface area contributed by atoms with E-state index in [1.807, 2.05) is 31.2 Å². The standard InChI is InChI=1S/C12H16ClNO2S/c1-3-14-11(12(15)16-2)8-17-10-6-4-5-9(13)7-10/h4-7,11,14H,3,8H2,1-2H3. The van der Waals surface area contributed by atoms with Gasteiger partial charge in [-0.2, -0.15) is 0 Å². The van der Waals surface area contributed by atoms with Crippen LogP contribution in [0.4, 0.5) is 0 Å². The fraction of sp³-hybridized carbons (Fsp3) is 0.417. The Morgan fingerprint density at radius 2 is 2.35 bits per heavy atom. The van der Waals surface area contributed by atoms with E-state index in [4.69, 9.17) is 16.3 Å². The Kier molecular flexibility index (Phi) is 6.40. The highest BCUT2D eigenvalue weighted by molar-refractivity contribution is 7.99. The normalized spacial score (nSPS) is 12.2. The van der Waals surface area contributed by atoms with Crippen molar-refractivity contribution in [3.05, 3.63) is 29.3 Å². The van der Waals surface area contributed by atoms with Gasteiger partial charge in [-0.25, -0.2) is 0 Å². The van der Waals surface area contributed by atoms with E-state index in [1.165, 1.54) is 7.11 Å². The molecule has 94 valence electrons. The van der Waals surface area contributed by atoms with E-state index in [-0.39, 0.29) is 12.0 Å². The molecule has 5 heteroatoms. The van der Waals surface area contributed by atoms with Crippen LogP contribution in [0, 0.1) is 0 Å². The van der Waals surface area contributed by atoms with Gasteiger partial charge in [0.25, 0.3) is 0 Å². The molecule has 0 aliphatic heterocycles. The number of carbonyl (C=O) groups excluding carboxylic acids is 1. The summed E-state index contributed by atoms with van der Waals surface area (Å²) in [4.78, 5) is 12.5. The first-order valence-electron chi connectivity index (χ1n) is 5.37. The van der Waals surface area contributed by atoms with Crippen LogP contribution in [0.2, 0.25) is 5.02 Å². The third-order valence-electron chi connectivity index (χ3n) is 2.15. The molecule has 0 saturated heterocycles. The molecule has 0 bridgehead atoms. The monoisotopic (exact) mass is 273 g/mol. The summed E-state index contributed by atoms with van der Waals surface area (Å²) < 4.78 is 4.74. The summed E-state index contributed by atoms with van der Waals surface area (Å²) in [7, 11) is 1.40. The van der Waals surface area contributed by atoms with Crippen molar-refractivity contribution < 1.29 is 9.53 Å². The molecule has 0 spiro atoms. The molecule has 1 aromatic rings. The zero-order chi connectivity index (χ0) is 12.7. The van der Waals surface area contributed by atoms with E-state index in [0.29, 0.717) is 10.8 Å². The fourth-order valence-corrected chi connectivity index (χ4v) is 2.59. The van der Waals surface area contributed by atoms with E-state index in [0.717, 1.165) is 11.4 Å². The maximum atomic E-state index is 11.5. The number of carbonyl (C=O) groups is 1. The SMILES string of the molecule is CCNC(CSc1cccc(Cl)c1)C(=O)OC. The van der Waals surface area contributed by atoms with Gasteiger partial charge < -0.3 is 10.1 Å². The molecule has 0 aliphatic carbocycles. The topological polar surface area (TPSA) is 38.3 Å². The Balaban J connectivity index is 2.54. The first kappa shape index (κ1) is 14.4. The summed E-state index contributed by atoms with van der Waals surface area (Å²) in [5, 5.41) is 3.79. The van der Waals surface area contributed by atoms with Crippen LogP contribution in [0.1, 0.15) is 6.92 Å². The minimum absolute atomic E-state index is 0.235. The predicted octanol–water partition coefficient (Wildman–Crippen LogP) is 2.58. The molecule has 1 N–H and O–H groups in total. The van der Waals surface area contributed by atoms with Crippen LogP contribution in [0.3, 0.4) is 0 Å². The Labute approximate surface area is 111 Å². The van der Waals surface area contributed by atoms with Gasteiger partial charge >= 0.3 is 5.97 Å². The summed E-state index contributed by atoms with van der Waals surface area (Å²) in [6.45, 7) is 2.69. The summed E-state index contributed by atoms with van der Waals surface area (Å²) in [6, 6.07) is 7.29. The molecule has 0 fully saturated rings. The average molecular weight is 274 g/mol. The number of esters is 1. The van der Waals surface area contributed by atoms with E-state index in [2.05, 4.69) is 5.32 Å². The van der Waals surface area contributed by atoms with E-state index < -0.39 is 0 Å². The molecule has 0 aromatic heterocycles. The van der Waals surface area contributed by atoms with Crippen molar-refractivity contribution in [1.29, 1.82) is 0 Å². The van der Waals surface area contributed by atoms with Crippen molar-refractivity contribution in [2.24, 2.45) is 0 Å². The first-order valence-corrected chi connectivity index (χ1v) is 6.73. The third-order valence-corrected chi connectivity index (χ3v) is 3.47. The molecule has 3 nitrogen and oxygen atoms in total. The molecule has 1 aromatic carbocycles. The molecule has 1 unspecified atom stereocenters. The quantitative estimate of drug-likeness (QED) is 0.639. The van der Waals surface area contributed by atoms with Gasteiger partial charge in [0.05, 0.1) is 7.11 Å². The van der Waals surface area contributed by atoms with Crippen LogP contribution >= 0.6 is 23.4 Å². The second-order valence-electron chi connectivity index (χ2n) is 3.40. The van der Waals surface area contributed by atoms with Crippen molar-refractivity contribution in [3.8, 4) is 0 Å². The molecule has 0 amide bonds. The van der Waals surface area contributed by atoms with E-state index >= 15 is 0 Å². The van der Waals surface area contributed by atoms with Crippen LogP contribution in [-0.2, 0) is 9.53 Å². The smallest absolute Gasteiger partial charge is 0.323 e. The molecular weight excluding hydrogens is 258 g/mol. The number of benzene rings is 1. The minimum Gasteiger partial charge on any atom is -0.468 e. The number of nitrogens with one attached hydrogen (secondary N) is 1. The Bertz CT molecular complexity index is 373. The number of likely N-dealkylation sites (N-methyl/N-ethyl adjacent to an activating group) is 1. The van der Waals surface area contributed by atoms with Gasteiger partial charge in [0.2, 0.25) is 0 Å². The molecule has 0 aliphatic rings.